The summed E-state index contributed by atoms with van der Waals surface area (Å²) in [5, 5.41) is 0.454. The predicted octanol–water partition coefficient (Wildman–Crippen LogP) is 2.53. The van der Waals surface area contributed by atoms with Gasteiger partial charge in [0.25, 0.3) is 5.56 Å². The molecule has 0 aliphatic carbocycles. The van der Waals surface area contributed by atoms with Crippen LogP contribution in [0.25, 0.3) is 10.9 Å². The third-order valence-electron chi connectivity index (χ3n) is 3.82. The number of rotatable bonds is 2. The first kappa shape index (κ1) is 13.9. The summed E-state index contributed by atoms with van der Waals surface area (Å²) in [6, 6.07) is 4.59. The minimum atomic E-state index is -0.481. The molecule has 5 heteroatoms. The maximum atomic E-state index is 14.1. The van der Waals surface area contributed by atoms with Crippen molar-refractivity contribution in [2.75, 3.05) is 24.6 Å². The summed E-state index contributed by atoms with van der Waals surface area (Å²) in [5.41, 5.74) is 1.11. The number of nitrogens with zero attached hydrogens (tertiary/aromatic N) is 2. The molecule has 0 bridgehead atoms. The van der Waals surface area contributed by atoms with Gasteiger partial charge in [0.05, 0.1) is 17.7 Å². The molecule has 1 aromatic carbocycles. The highest BCUT2D eigenvalue weighted by molar-refractivity contribution is 5.87. The zero-order valence-electron chi connectivity index (χ0n) is 12.5. The average molecular weight is 290 g/mol. The molecule has 1 aromatic heterocycles. The largest absolute Gasteiger partial charge is 0.489 e. The summed E-state index contributed by atoms with van der Waals surface area (Å²) in [6.07, 6.45) is 0. The van der Waals surface area contributed by atoms with Gasteiger partial charge in [0, 0.05) is 31.1 Å². The summed E-state index contributed by atoms with van der Waals surface area (Å²) in [5.74, 6) is 0.748. The standard InChI is InChI=1S/C16H19FN2O2/c1-10(2)9-19-4-5-21-15-8-13-11(6-14(15)19)12(17)7-16(20)18(13)3/h6-8,10H,4-5,9H2,1-3H3. The van der Waals surface area contributed by atoms with Gasteiger partial charge in [0.1, 0.15) is 18.2 Å². The second-order valence-electron chi connectivity index (χ2n) is 5.91. The van der Waals surface area contributed by atoms with Crippen LogP contribution in [0.5, 0.6) is 5.75 Å². The first-order valence-electron chi connectivity index (χ1n) is 7.18. The molecular formula is C16H19FN2O2. The molecule has 0 N–H and O–H groups in total. The van der Waals surface area contributed by atoms with Crippen molar-refractivity contribution in [1.29, 1.82) is 0 Å². The van der Waals surface area contributed by atoms with Crippen molar-refractivity contribution >= 4 is 16.6 Å². The third-order valence-corrected chi connectivity index (χ3v) is 3.82. The predicted molar refractivity (Wildman–Crippen MR) is 81.7 cm³/mol. The van der Waals surface area contributed by atoms with Gasteiger partial charge in [-0.05, 0) is 12.0 Å². The molecule has 0 spiro atoms. The van der Waals surface area contributed by atoms with E-state index in [-0.39, 0.29) is 5.56 Å². The highest BCUT2D eigenvalue weighted by atomic mass is 19.1. The number of benzene rings is 1. The fourth-order valence-corrected chi connectivity index (χ4v) is 2.81. The Morgan fingerprint density at radius 2 is 2.10 bits per heavy atom. The minimum absolute atomic E-state index is 0.352. The van der Waals surface area contributed by atoms with Crippen LogP contribution in [0.15, 0.2) is 23.0 Å². The van der Waals surface area contributed by atoms with Gasteiger partial charge in [-0.2, -0.15) is 0 Å². The maximum absolute atomic E-state index is 14.1. The van der Waals surface area contributed by atoms with E-state index in [9.17, 15) is 9.18 Å². The van der Waals surface area contributed by atoms with Crippen molar-refractivity contribution in [2.24, 2.45) is 13.0 Å². The van der Waals surface area contributed by atoms with E-state index in [0.29, 0.717) is 23.4 Å². The van der Waals surface area contributed by atoms with Gasteiger partial charge in [-0.1, -0.05) is 13.8 Å². The smallest absolute Gasteiger partial charge is 0.253 e. The number of halogens is 1. The van der Waals surface area contributed by atoms with E-state index in [1.165, 1.54) is 4.57 Å². The minimum Gasteiger partial charge on any atom is -0.489 e. The second-order valence-corrected chi connectivity index (χ2v) is 5.91. The lowest BCUT2D eigenvalue weighted by molar-refractivity contribution is 0.305. The lowest BCUT2D eigenvalue weighted by atomic mass is 10.1. The van der Waals surface area contributed by atoms with Gasteiger partial charge in [0.2, 0.25) is 0 Å². The molecule has 1 aliphatic rings. The van der Waals surface area contributed by atoms with Crippen LogP contribution >= 0.6 is 0 Å². The molecule has 2 aromatic rings. The number of aryl methyl sites for hydroxylation is 1. The molecule has 0 amide bonds. The van der Waals surface area contributed by atoms with Crippen molar-refractivity contribution in [3.8, 4) is 5.75 Å². The van der Waals surface area contributed by atoms with Gasteiger partial charge >= 0.3 is 0 Å². The number of hydrogen-bond donors (Lipinski definition) is 0. The molecule has 0 saturated carbocycles. The molecule has 0 unspecified atom stereocenters. The van der Waals surface area contributed by atoms with E-state index in [1.807, 2.05) is 0 Å². The van der Waals surface area contributed by atoms with Crippen LogP contribution in [-0.2, 0) is 7.05 Å². The van der Waals surface area contributed by atoms with Crippen LogP contribution in [0.1, 0.15) is 13.8 Å². The Labute approximate surface area is 122 Å². The van der Waals surface area contributed by atoms with Crippen molar-refractivity contribution in [1.82, 2.24) is 4.57 Å². The highest BCUT2D eigenvalue weighted by Gasteiger charge is 2.21. The molecule has 2 heterocycles. The Morgan fingerprint density at radius 1 is 1.33 bits per heavy atom. The molecule has 0 saturated heterocycles. The van der Waals surface area contributed by atoms with Crippen LogP contribution in [-0.4, -0.2) is 24.3 Å². The summed E-state index contributed by atoms with van der Waals surface area (Å²) in [7, 11) is 1.64. The fourth-order valence-electron chi connectivity index (χ4n) is 2.81. The van der Waals surface area contributed by atoms with Crippen molar-refractivity contribution in [2.45, 2.75) is 13.8 Å². The molecule has 0 fully saturated rings. The number of hydrogen-bond acceptors (Lipinski definition) is 3. The summed E-state index contributed by atoms with van der Waals surface area (Å²) < 4.78 is 21.3. The van der Waals surface area contributed by atoms with Crippen LogP contribution in [0.2, 0.25) is 0 Å². The van der Waals surface area contributed by atoms with E-state index >= 15 is 0 Å². The number of aromatic nitrogens is 1. The van der Waals surface area contributed by atoms with E-state index in [4.69, 9.17) is 4.74 Å². The number of ether oxygens (including phenoxy) is 1. The Kier molecular flexibility index (Phi) is 3.35. The van der Waals surface area contributed by atoms with E-state index in [0.717, 1.165) is 30.6 Å². The zero-order valence-corrected chi connectivity index (χ0v) is 12.5. The third kappa shape index (κ3) is 2.37. The SMILES string of the molecule is CC(C)CN1CCOc2cc3c(cc21)c(F)cc(=O)n3C. The van der Waals surface area contributed by atoms with Crippen molar-refractivity contribution in [3.63, 3.8) is 0 Å². The number of pyridine rings is 1. The van der Waals surface area contributed by atoms with Crippen molar-refractivity contribution < 1.29 is 9.13 Å². The van der Waals surface area contributed by atoms with Crippen LogP contribution < -0.4 is 15.2 Å². The van der Waals surface area contributed by atoms with Crippen LogP contribution in [0.3, 0.4) is 0 Å². The molecule has 112 valence electrons. The Hall–Kier alpha value is -2.04. The Morgan fingerprint density at radius 3 is 2.81 bits per heavy atom. The first-order valence-corrected chi connectivity index (χ1v) is 7.18. The maximum Gasteiger partial charge on any atom is 0.253 e. The quantitative estimate of drug-likeness (QED) is 0.852. The lowest BCUT2D eigenvalue weighted by Crippen LogP contribution is -2.35. The monoisotopic (exact) mass is 290 g/mol. The van der Waals surface area contributed by atoms with E-state index in [1.54, 1.807) is 19.2 Å². The van der Waals surface area contributed by atoms with Gasteiger partial charge in [-0.15, -0.1) is 0 Å². The summed E-state index contributed by atoms with van der Waals surface area (Å²) >= 11 is 0. The van der Waals surface area contributed by atoms with Crippen LogP contribution in [0, 0.1) is 11.7 Å². The molecule has 21 heavy (non-hydrogen) atoms. The zero-order chi connectivity index (χ0) is 15.1. The van der Waals surface area contributed by atoms with Crippen molar-refractivity contribution in [3.05, 3.63) is 34.4 Å². The van der Waals surface area contributed by atoms with E-state index < -0.39 is 5.82 Å². The average Bonchev–Trinajstić information content (AvgIpc) is 2.43. The number of fused-ring (bicyclic) bond motifs is 2. The van der Waals surface area contributed by atoms with Gasteiger partial charge in [0.15, 0.2) is 0 Å². The Balaban J connectivity index is 2.22. The fraction of sp³-hybridized carbons (Fsp3) is 0.438. The molecule has 0 radical (unpaired) electrons. The lowest BCUT2D eigenvalue weighted by Gasteiger charge is -2.33. The molecule has 0 atom stereocenters. The molecule has 1 aliphatic heterocycles. The van der Waals surface area contributed by atoms with E-state index in [2.05, 4.69) is 18.7 Å². The number of anilines is 1. The summed E-state index contributed by atoms with van der Waals surface area (Å²) in [4.78, 5) is 13.9. The molecular weight excluding hydrogens is 271 g/mol. The Bertz CT molecular complexity index is 752. The topological polar surface area (TPSA) is 34.5 Å². The second kappa shape index (κ2) is 5.06. The normalized spacial score (nSPS) is 14.4. The van der Waals surface area contributed by atoms with Gasteiger partial charge in [-0.3, -0.25) is 4.79 Å². The highest BCUT2D eigenvalue weighted by Crippen LogP contribution is 2.36. The molecule has 4 nitrogen and oxygen atoms in total. The first-order chi connectivity index (χ1) is 9.97. The summed E-state index contributed by atoms with van der Waals surface area (Å²) in [6.45, 7) is 6.61. The molecule has 3 rings (SSSR count). The van der Waals surface area contributed by atoms with Gasteiger partial charge < -0.3 is 14.2 Å². The van der Waals surface area contributed by atoms with Gasteiger partial charge in [-0.25, -0.2) is 4.39 Å². The van der Waals surface area contributed by atoms with Crippen LogP contribution in [0.4, 0.5) is 10.1 Å².